The van der Waals surface area contributed by atoms with Gasteiger partial charge in [-0.25, -0.2) is 9.59 Å². The van der Waals surface area contributed by atoms with E-state index in [9.17, 15) is 14.4 Å². The van der Waals surface area contributed by atoms with Crippen LogP contribution in [0.25, 0.3) is 0 Å². The van der Waals surface area contributed by atoms with Gasteiger partial charge in [0.2, 0.25) is 0 Å². The first-order chi connectivity index (χ1) is 9.31. The maximum atomic E-state index is 11.9. The Morgan fingerprint density at radius 2 is 1.80 bits per heavy atom. The summed E-state index contributed by atoms with van der Waals surface area (Å²) in [5, 5.41) is 19.8. The van der Waals surface area contributed by atoms with Gasteiger partial charge >= 0.3 is 18.0 Å². The van der Waals surface area contributed by atoms with Gasteiger partial charge in [-0.05, 0) is 26.9 Å². The predicted octanol–water partition coefficient (Wildman–Crippen LogP) is -0.350. The number of carboxylic acid groups (broad SMARTS) is 2. The van der Waals surface area contributed by atoms with Crippen LogP contribution in [0.3, 0.4) is 0 Å². The first kappa shape index (κ1) is 16.2. The smallest absolute Gasteiger partial charge is 0.326 e. The fraction of sp³-hybridized carbons (Fsp3) is 0.750. The highest BCUT2D eigenvalue weighted by Gasteiger charge is 2.28. The number of urea groups is 1. The predicted molar refractivity (Wildman–Crippen MR) is 70.5 cm³/mol. The average molecular weight is 287 g/mol. The van der Waals surface area contributed by atoms with E-state index in [1.807, 2.05) is 14.1 Å². The van der Waals surface area contributed by atoms with Crippen LogP contribution >= 0.6 is 0 Å². The summed E-state index contributed by atoms with van der Waals surface area (Å²) < 4.78 is 0. The maximum absolute atomic E-state index is 11.9. The zero-order chi connectivity index (χ0) is 15.3. The monoisotopic (exact) mass is 287 g/mol. The molecule has 1 aliphatic heterocycles. The molecule has 1 aliphatic rings. The second-order valence-electron chi connectivity index (χ2n) is 5.12. The molecule has 114 valence electrons. The molecule has 0 bridgehead atoms. The number of piperidine rings is 1. The highest BCUT2D eigenvalue weighted by Crippen LogP contribution is 2.14. The van der Waals surface area contributed by atoms with E-state index >= 15 is 0 Å². The molecule has 1 fully saturated rings. The highest BCUT2D eigenvalue weighted by atomic mass is 16.4. The summed E-state index contributed by atoms with van der Waals surface area (Å²) in [5.74, 6) is -2.60. The fourth-order valence-electron chi connectivity index (χ4n) is 2.20. The van der Waals surface area contributed by atoms with Crippen molar-refractivity contribution in [2.75, 3.05) is 27.2 Å². The number of aliphatic carboxylic acids is 2. The van der Waals surface area contributed by atoms with Crippen molar-refractivity contribution in [3.63, 3.8) is 0 Å². The second kappa shape index (κ2) is 7.09. The van der Waals surface area contributed by atoms with Crippen molar-refractivity contribution in [1.82, 2.24) is 15.1 Å². The fourth-order valence-corrected chi connectivity index (χ4v) is 2.20. The van der Waals surface area contributed by atoms with Crippen LogP contribution in [-0.4, -0.2) is 77.3 Å². The van der Waals surface area contributed by atoms with Crippen LogP contribution < -0.4 is 5.32 Å². The van der Waals surface area contributed by atoms with Gasteiger partial charge in [-0.3, -0.25) is 4.79 Å². The lowest BCUT2D eigenvalue weighted by atomic mass is 10.0. The van der Waals surface area contributed by atoms with Crippen LogP contribution in [0.2, 0.25) is 0 Å². The van der Waals surface area contributed by atoms with Gasteiger partial charge in [0.05, 0.1) is 6.42 Å². The second-order valence-corrected chi connectivity index (χ2v) is 5.12. The number of hydrogen-bond donors (Lipinski definition) is 3. The lowest BCUT2D eigenvalue weighted by Crippen LogP contribution is -2.52. The van der Waals surface area contributed by atoms with E-state index in [1.165, 1.54) is 4.90 Å². The standard InChI is InChI=1S/C12H21N3O5/c1-14(2)8-3-5-15(6-4-8)12(20)13-9(11(18)19)7-10(16)17/h8-9H,3-7H2,1-2H3,(H,13,20)(H,16,17)(H,18,19)/t9-/m0/s1. The van der Waals surface area contributed by atoms with Crippen LogP contribution in [0.15, 0.2) is 0 Å². The molecular formula is C12H21N3O5. The molecule has 0 aromatic carbocycles. The molecule has 8 heteroatoms. The topological polar surface area (TPSA) is 110 Å². The van der Waals surface area contributed by atoms with Crippen LogP contribution in [0, 0.1) is 0 Å². The van der Waals surface area contributed by atoms with E-state index in [2.05, 4.69) is 10.2 Å². The number of nitrogens with one attached hydrogen (secondary N) is 1. The Bertz CT molecular complexity index is 377. The van der Waals surface area contributed by atoms with Crippen molar-refractivity contribution in [3.05, 3.63) is 0 Å². The Labute approximate surface area is 117 Å². The Kier molecular flexibility index (Phi) is 5.75. The molecule has 1 saturated heterocycles. The summed E-state index contributed by atoms with van der Waals surface area (Å²) in [6.45, 7) is 1.07. The van der Waals surface area contributed by atoms with E-state index in [1.54, 1.807) is 0 Å². The van der Waals surface area contributed by atoms with E-state index in [4.69, 9.17) is 10.2 Å². The molecule has 0 aromatic rings. The third-order valence-corrected chi connectivity index (χ3v) is 3.46. The van der Waals surface area contributed by atoms with Crippen molar-refractivity contribution in [2.45, 2.75) is 31.3 Å². The minimum atomic E-state index is -1.40. The molecule has 20 heavy (non-hydrogen) atoms. The summed E-state index contributed by atoms with van der Waals surface area (Å²) in [6, 6.07) is -1.50. The van der Waals surface area contributed by atoms with Crippen LogP contribution in [0.4, 0.5) is 4.79 Å². The summed E-state index contributed by atoms with van der Waals surface area (Å²) in [5.41, 5.74) is 0. The minimum Gasteiger partial charge on any atom is -0.481 e. The number of hydrogen-bond acceptors (Lipinski definition) is 4. The van der Waals surface area contributed by atoms with Gasteiger partial charge in [0.15, 0.2) is 0 Å². The number of carboxylic acids is 2. The molecule has 2 amide bonds. The van der Waals surface area contributed by atoms with E-state index in [0.29, 0.717) is 19.1 Å². The van der Waals surface area contributed by atoms with Crippen LogP contribution in [0.1, 0.15) is 19.3 Å². The minimum absolute atomic E-state index is 0.411. The molecule has 0 saturated carbocycles. The molecule has 0 radical (unpaired) electrons. The van der Waals surface area contributed by atoms with E-state index in [-0.39, 0.29) is 0 Å². The quantitative estimate of drug-likeness (QED) is 0.637. The van der Waals surface area contributed by atoms with Crippen molar-refractivity contribution >= 4 is 18.0 Å². The zero-order valence-corrected chi connectivity index (χ0v) is 11.7. The number of nitrogens with zero attached hydrogens (tertiary/aromatic N) is 2. The molecule has 0 aliphatic carbocycles. The molecule has 3 N–H and O–H groups in total. The third-order valence-electron chi connectivity index (χ3n) is 3.46. The van der Waals surface area contributed by atoms with Crippen molar-refractivity contribution < 1.29 is 24.6 Å². The number of likely N-dealkylation sites (tertiary alicyclic amines) is 1. The van der Waals surface area contributed by atoms with E-state index in [0.717, 1.165) is 12.8 Å². The lowest BCUT2D eigenvalue weighted by molar-refractivity contribution is -0.145. The Morgan fingerprint density at radius 3 is 2.20 bits per heavy atom. The zero-order valence-electron chi connectivity index (χ0n) is 11.7. The molecule has 0 unspecified atom stereocenters. The first-order valence-electron chi connectivity index (χ1n) is 6.47. The molecular weight excluding hydrogens is 266 g/mol. The summed E-state index contributed by atoms with van der Waals surface area (Å²) in [4.78, 5) is 37.0. The number of amides is 2. The largest absolute Gasteiger partial charge is 0.481 e. The van der Waals surface area contributed by atoms with Crippen LogP contribution in [-0.2, 0) is 9.59 Å². The van der Waals surface area contributed by atoms with Crippen molar-refractivity contribution in [3.8, 4) is 0 Å². The molecule has 0 aromatic heterocycles. The molecule has 1 heterocycles. The Hall–Kier alpha value is -1.83. The van der Waals surface area contributed by atoms with Crippen molar-refractivity contribution in [2.24, 2.45) is 0 Å². The van der Waals surface area contributed by atoms with Gasteiger partial charge in [-0.2, -0.15) is 0 Å². The highest BCUT2D eigenvalue weighted by molar-refractivity contribution is 5.86. The normalized spacial score (nSPS) is 17.9. The van der Waals surface area contributed by atoms with Gasteiger partial charge in [-0.15, -0.1) is 0 Å². The van der Waals surface area contributed by atoms with Gasteiger partial charge in [0, 0.05) is 19.1 Å². The molecule has 0 spiro atoms. The first-order valence-corrected chi connectivity index (χ1v) is 6.47. The molecule has 8 nitrogen and oxygen atoms in total. The molecule has 1 rings (SSSR count). The molecule has 1 atom stereocenters. The van der Waals surface area contributed by atoms with E-state index < -0.39 is 30.4 Å². The van der Waals surface area contributed by atoms with Gasteiger partial charge in [0.25, 0.3) is 0 Å². The van der Waals surface area contributed by atoms with Crippen molar-refractivity contribution in [1.29, 1.82) is 0 Å². The number of carbonyl (C=O) groups is 3. The van der Waals surface area contributed by atoms with Crippen LogP contribution in [0.5, 0.6) is 0 Å². The van der Waals surface area contributed by atoms with Gasteiger partial charge < -0.3 is 25.3 Å². The average Bonchev–Trinajstić information content (AvgIpc) is 2.37. The lowest BCUT2D eigenvalue weighted by Gasteiger charge is -2.35. The van der Waals surface area contributed by atoms with Gasteiger partial charge in [-0.1, -0.05) is 0 Å². The van der Waals surface area contributed by atoms with Gasteiger partial charge in [0.1, 0.15) is 6.04 Å². The number of rotatable bonds is 5. The maximum Gasteiger partial charge on any atom is 0.326 e. The Morgan fingerprint density at radius 1 is 1.25 bits per heavy atom. The number of carbonyl (C=O) groups excluding carboxylic acids is 1. The SMILES string of the molecule is CN(C)C1CCN(C(=O)N[C@@H](CC(=O)O)C(=O)O)CC1. The Balaban J connectivity index is 2.50. The summed E-state index contributed by atoms with van der Waals surface area (Å²) in [6.07, 6.45) is 1.00. The summed E-state index contributed by atoms with van der Waals surface area (Å²) >= 11 is 0. The summed E-state index contributed by atoms with van der Waals surface area (Å²) in [7, 11) is 3.96. The third kappa shape index (κ3) is 4.69.